The lowest BCUT2D eigenvalue weighted by atomic mass is 9.95. The Labute approximate surface area is 131 Å². The van der Waals surface area contributed by atoms with Gasteiger partial charge >= 0.3 is 6.18 Å². The maximum atomic E-state index is 13.1. The second-order valence-corrected chi connectivity index (χ2v) is 5.63. The fourth-order valence-electron chi connectivity index (χ4n) is 2.64. The van der Waals surface area contributed by atoms with Crippen LogP contribution in [0, 0.1) is 5.92 Å². The Morgan fingerprint density at radius 1 is 1.30 bits per heavy atom. The normalized spacial score (nSPS) is 22.1. The summed E-state index contributed by atoms with van der Waals surface area (Å²) in [4.78, 5) is 14.4. The Hall–Kier alpha value is -2.16. The zero-order valence-electron chi connectivity index (χ0n) is 12.5. The topological polar surface area (TPSA) is 78.5 Å². The van der Waals surface area contributed by atoms with Crippen molar-refractivity contribution in [3.05, 3.63) is 24.3 Å². The summed E-state index contributed by atoms with van der Waals surface area (Å²) < 4.78 is 39.4. The maximum absolute atomic E-state index is 13.1. The quantitative estimate of drug-likeness (QED) is 0.807. The third-order valence-electron chi connectivity index (χ3n) is 3.93. The van der Waals surface area contributed by atoms with Crippen LogP contribution in [0.5, 0.6) is 0 Å². The van der Waals surface area contributed by atoms with Gasteiger partial charge in [0, 0.05) is 18.4 Å². The molecule has 0 aromatic carbocycles. The summed E-state index contributed by atoms with van der Waals surface area (Å²) in [5, 5.41) is 6.41. The lowest BCUT2D eigenvalue weighted by Gasteiger charge is -2.30. The van der Waals surface area contributed by atoms with Crippen LogP contribution in [0.2, 0.25) is 0 Å². The summed E-state index contributed by atoms with van der Waals surface area (Å²) in [7, 11) is 0. The molecule has 1 aliphatic rings. The molecule has 3 heterocycles. The molecule has 9 heteroatoms. The van der Waals surface area contributed by atoms with Crippen LogP contribution in [0.1, 0.15) is 18.9 Å². The molecular weight excluding hydrogens is 309 g/mol. The highest BCUT2D eigenvalue weighted by atomic mass is 19.4. The van der Waals surface area contributed by atoms with E-state index in [9.17, 15) is 13.2 Å². The predicted molar refractivity (Wildman–Crippen MR) is 78.7 cm³/mol. The lowest BCUT2D eigenvalue weighted by molar-refractivity contribution is -0.137. The molecule has 0 amide bonds. The van der Waals surface area contributed by atoms with Crippen LogP contribution in [-0.4, -0.2) is 39.1 Å². The van der Waals surface area contributed by atoms with Gasteiger partial charge in [-0.05, 0) is 25.4 Å². The molecule has 1 fully saturated rings. The van der Waals surface area contributed by atoms with Crippen LogP contribution >= 0.6 is 0 Å². The van der Waals surface area contributed by atoms with E-state index in [1.165, 1.54) is 12.5 Å². The minimum atomic E-state index is -4.53. The van der Waals surface area contributed by atoms with Crippen LogP contribution in [0.15, 0.2) is 18.7 Å². The van der Waals surface area contributed by atoms with Crippen molar-refractivity contribution in [1.82, 2.24) is 25.3 Å². The van der Waals surface area contributed by atoms with Gasteiger partial charge in [-0.3, -0.25) is 0 Å². The van der Waals surface area contributed by atoms with Crippen molar-refractivity contribution >= 4 is 5.95 Å². The first-order chi connectivity index (χ1) is 10.9. The second-order valence-electron chi connectivity index (χ2n) is 5.63. The van der Waals surface area contributed by atoms with Gasteiger partial charge in [0.2, 0.25) is 5.95 Å². The van der Waals surface area contributed by atoms with Gasteiger partial charge in [-0.25, -0.2) is 15.0 Å². The Balaban J connectivity index is 1.92. The standard InChI is InChI=1S/C14H17F3N6/c1-8-4-18-3-2-10(8)22-13-20-5-9(14(15,16)17)12(23-13)11-6-19-7-21-11/h5-8,10,18H,2-4H2,1H3,(H,19,21)(H,20,22,23)/t8-,10+/m1/s1. The van der Waals surface area contributed by atoms with Gasteiger partial charge in [-0.1, -0.05) is 6.92 Å². The number of nitrogens with zero attached hydrogens (tertiary/aromatic N) is 3. The minimum Gasteiger partial charge on any atom is -0.351 e. The smallest absolute Gasteiger partial charge is 0.351 e. The maximum Gasteiger partial charge on any atom is 0.420 e. The van der Waals surface area contributed by atoms with Gasteiger partial charge in [0.05, 0.1) is 6.33 Å². The van der Waals surface area contributed by atoms with E-state index in [2.05, 4.69) is 37.5 Å². The molecule has 1 saturated heterocycles. The third kappa shape index (κ3) is 3.44. The molecule has 0 radical (unpaired) electrons. The number of aromatic nitrogens is 4. The van der Waals surface area contributed by atoms with E-state index in [-0.39, 0.29) is 23.4 Å². The van der Waals surface area contributed by atoms with Crippen LogP contribution in [-0.2, 0) is 6.18 Å². The highest BCUT2D eigenvalue weighted by molar-refractivity contribution is 5.60. The van der Waals surface area contributed by atoms with Crippen molar-refractivity contribution in [2.24, 2.45) is 5.92 Å². The number of nitrogens with one attached hydrogen (secondary N) is 3. The van der Waals surface area contributed by atoms with Gasteiger partial charge in [0.15, 0.2) is 0 Å². The summed E-state index contributed by atoms with van der Waals surface area (Å²) in [5.41, 5.74) is -0.979. The van der Waals surface area contributed by atoms with E-state index in [1.807, 2.05) is 0 Å². The first kappa shape index (κ1) is 15.7. The number of aromatic amines is 1. The molecular formula is C14H17F3N6. The molecule has 2 aromatic heterocycles. The van der Waals surface area contributed by atoms with Gasteiger partial charge in [0.1, 0.15) is 17.0 Å². The monoisotopic (exact) mass is 326 g/mol. The first-order valence-corrected chi connectivity index (χ1v) is 7.36. The molecule has 0 saturated carbocycles. The molecule has 1 aliphatic heterocycles. The van der Waals surface area contributed by atoms with Crippen molar-refractivity contribution in [1.29, 1.82) is 0 Å². The van der Waals surface area contributed by atoms with Crippen molar-refractivity contribution in [2.45, 2.75) is 25.6 Å². The highest BCUT2D eigenvalue weighted by Crippen LogP contribution is 2.35. The van der Waals surface area contributed by atoms with Crippen LogP contribution < -0.4 is 10.6 Å². The number of imidazole rings is 1. The fourth-order valence-corrected chi connectivity index (χ4v) is 2.64. The number of rotatable bonds is 3. The van der Waals surface area contributed by atoms with Gasteiger partial charge in [-0.15, -0.1) is 0 Å². The fraction of sp³-hybridized carbons (Fsp3) is 0.500. The molecule has 3 rings (SSSR count). The van der Waals surface area contributed by atoms with Gasteiger partial charge in [0.25, 0.3) is 0 Å². The molecule has 124 valence electrons. The van der Waals surface area contributed by atoms with E-state index < -0.39 is 11.7 Å². The van der Waals surface area contributed by atoms with E-state index in [4.69, 9.17) is 0 Å². The zero-order chi connectivity index (χ0) is 16.4. The number of alkyl halides is 3. The number of anilines is 1. The minimum absolute atomic E-state index is 0.125. The first-order valence-electron chi connectivity index (χ1n) is 7.36. The molecule has 2 atom stereocenters. The van der Waals surface area contributed by atoms with Crippen molar-refractivity contribution < 1.29 is 13.2 Å². The molecule has 6 nitrogen and oxygen atoms in total. The Bertz CT molecular complexity index is 655. The number of piperidine rings is 1. The van der Waals surface area contributed by atoms with Gasteiger partial charge < -0.3 is 15.6 Å². The lowest BCUT2D eigenvalue weighted by Crippen LogP contribution is -2.42. The molecule has 0 bridgehead atoms. The Morgan fingerprint density at radius 2 is 2.13 bits per heavy atom. The Morgan fingerprint density at radius 3 is 2.78 bits per heavy atom. The van der Waals surface area contributed by atoms with Crippen molar-refractivity contribution in [2.75, 3.05) is 18.4 Å². The molecule has 0 unspecified atom stereocenters. The third-order valence-corrected chi connectivity index (χ3v) is 3.93. The number of hydrogen-bond acceptors (Lipinski definition) is 5. The summed E-state index contributed by atoms with van der Waals surface area (Å²) in [5.74, 6) is 0.526. The largest absolute Gasteiger partial charge is 0.420 e. The molecule has 0 spiro atoms. The number of H-pyrrole nitrogens is 1. The summed E-state index contributed by atoms with van der Waals surface area (Å²) in [6, 6.07) is 0.125. The second kappa shape index (κ2) is 6.15. The van der Waals surface area contributed by atoms with E-state index in [0.717, 1.165) is 25.7 Å². The van der Waals surface area contributed by atoms with Crippen molar-refractivity contribution in [3.63, 3.8) is 0 Å². The summed E-state index contributed by atoms with van der Waals surface area (Å²) in [6.07, 6.45) is -0.155. The van der Waals surface area contributed by atoms with E-state index in [1.54, 1.807) is 0 Å². The molecule has 2 aromatic rings. The van der Waals surface area contributed by atoms with Crippen molar-refractivity contribution in [3.8, 4) is 11.4 Å². The van der Waals surface area contributed by atoms with Crippen LogP contribution in [0.25, 0.3) is 11.4 Å². The molecule has 23 heavy (non-hydrogen) atoms. The number of halogens is 3. The zero-order valence-corrected chi connectivity index (χ0v) is 12.5. The summed E-state index contributed by atoms with van der Waals surface area (Å²) in [6.45, 7) is 3.78. The average Bonchev–Trinajstić information content (AvgIpc) is 3.03. The molecule has 3 N–H and O–H groups in total. The van der Waals surface area contributed by atoms with Gasteiger partial charge in [-0.2, -0.15) is 13.2 Å². The Kier molecular flexibility index (Phi) is 4.20. The molecule has 0 aliphatic carbocycles. The predicted octanol–water partition coefficient (Wildman–Crippen LogP) is 2.30. The number of hydrogen-bond donors (Lipinski definition) is 3. The summed E-state index contributed by atoms with van der Waals surface area (Å²) >= 11 is 0. The average molecular weight is 326 g/mol. The van der Waals surface area contributed by atoms with E-state index >= 15 is 0 Å². The highest BCUT2D eigenvalue weighted by Gasteiger charge is 2.36. The van der Waals surface area contributed by atoms with Crippen LogP contribution in [0.4, 0.5) is 19.1 Å². The SMILES string of the molecule is C[C@@H]1CNCC[C@@H]1Nc1ncc(C(F)(F)F)c(-c2c[nH]cn2)n1. The van der Waals surface area contributed by atoms with E-state index in [0.29, 0.717) is 5.92 Å². The van der Waals surface area contributed by atoms with Crippen LogP contribution in [0.3, 0.4) is 0 Å².